The zero-order valence-corrected chi connectivity index (χ0v) is 12.9. The number of hydrogen-bond donors (Lipinski definition) is 2. The van der Waals surface area contributed by atoms with Gasteiger partial charge in [0.2, 0.25) is 5.91 Å². The van der Waals surface area contributed by atoms with Crippen molar-refractivity contribution in [2.75, 3.05) is 17.2 Å². The highest BCUT2D eigenvalue weighted by atomic mass is 16.6. The van der Waals surface area contributed by atoms with E-state index in [-0.39, 0.29) is 11.6 Å². The molecule has 0 aliphatic heterocycles. The summed E-state index contributed by atoms with van der Waals surface area (Å²) >= 11 is 0. The lowest BCUT2D eigenvalue weighted by Gasteiger charge is -2.08. The summed E-state index contributed by atoms with van der Waals surface area (Å²) in [6.45, 7) is 2.46. The summed E-state index contributed by atoms with van der Waals surface area (Å²) in [5.74, 6) is -0.0695. The Morgan fingerprint density at radius 3 is 2.70 bits per heavy atom. The number of nitrogens with zero attached hydrogens (tertiary/aromatic N) is 1. The molecule has 0 spiro atoms. The van der Waals surface area contributed by atoms with Crippen LogP contribution >= 0.6 is 0 Å². The minimum atomic E-state index is -0.424. The number of para-hydroxylation sites is 2. The number of aryl methyl sites for hydroxylation is 1. The van der Waals surface area contributed by atoms with Crippen LogP contribution in [0.5, 0.6) is 0 Å². The zero-order chi connectivity index (χ0) is 16.7. The summed E-state index contributed by atoms with van der Waals surface area (Å²) < 4.78 is 0. The highest BCUT2D eigenvalue weighted by Gasteiger charge is 2.11. The van der Waals surface area contributed by atoms with Crippen molar-refractivity contribution in [3.8, 4) is 0 Å². The first-order valence-corrected chi connectivity index (χ1v) is 7.40. The molecule has 0 aliphatic carbocycles. The first kappa shape index (κ1) is 16.5. The maximum atomic E-state index is 11.9. The van der Waals surface area contributed by atoms with E-state index in [0.717, 1.165) is 11.3 Å². The SMILES string of the molecule is Cc1cccc(NC(=O)CCCNc2ccccc2[N+](=O)[O-])c1. The van der Waals surface area contributed by atoms with Crippen molar-refractivity contribution in [1.82, 2.24) is 0 Å². The summed E-state index contributed by atoms with van der Waals surface area (Å²) in [6, 6.07) is 14.1. The molecule has 2 aromatic carbocycles. The van der Waals surface area contributed by atoms with E-state index in [0.29, 0.717) is 25.1 Å². The molecule has 0 saturated heterocycles. The van der Waals surface area contributed by atoms with Gasteiger partial charge in [0.1, 0.15) is 5.69 Å². The maximum Gasteiger partial charge on any atom is 0.292 e. The maximum absolute atomic E-state index is 11.9. The molecule has 0 aliphatic rings. The molecule has 23 heavy (non-hydrogen) atoms. The standard InChI is InChI=1S/C17H19N3O3/c1-13-6-4-7-14(12-13)19-17(21)10-5-11-18-15-8-2-3-9-16(15)20(22)23/h2-4,6-9,12,18H,5,10-11H2,1H3,(H,19,21). The fraction of sp³-hybridized carbons (Fsp3) is 0.235. The Balaban J connectivity index is 1.77. The molecular formula is C17H19N3O3. The van der Waals surface area contributed by atoms with Gasteiger partial charge in [-0.25, -0.2) is 0 Å². The van der Waals surface area contributed by atoms with Crippen LogP contribution in [0.15, 0.2) is 48.5 Å². The van der Waals surface area contributed by atoms with Crippen LogP contribution in [0.4, 0.5) is 17.1 Å². The van der Waals surface area contributed by atoms with Gasteiger partial charge in [0.05, 0.1) is 4.92 Å². The molecule has 120 valence electrons. The van der Waals surface area contributed by atoms with Gasteiger partial charge in [-0.1, -0.05) is 24.3 Å². The van der Waals surface area contributed by atoms with Gasteiger partial charge in [-0.2, -0.15) is 0 Å². The van der Waals surface area contributed by atoms with Crippen molar-refractivity contribution >= 4 is 23.0 Å². The fourth-order valence-corrected chi connectivity index (χ4v) is 2.20. The minimum absolute atomic E-state index is 0.0386. The van der Waals surface area contributed by atoms with Crippen LogP contribution < -0.4 is 10.6 Å². The van der Waals surface area contributed by atoms with Crippen LogP contribution in [0.1, 0.15) is 18.4 Å². The Kier molecular flexibility index (Phi) is 5.68. The molecule has 6 heteroatoms. The third kappa shape index (κ3) is 5.10. The first-order chi connectivity index (χ1) is 11.1. The van der Waals surface area contributed by atoms with Crippen molar-refractivity contribution in [2.45, 2.75) is 19.8 Å². The number of anilines is 2. The smallest absolute Gasteiger partial charge is 0.292 e. The van der Waals surface area contributed by atoms with Gasteiger partial charge in [-0.05, 0) is 37.1 Å². The lowest BCUT2D eigenvalue weighted by atomic mass is 10.2. The van der Waals surface area contributed by atoms with E-state index >= 15 is 0 Å². The number of carbonyl (C=O) groups excluding carboxylic acids is 1. The molecule has 6 nitrogen and oxygen atoms in total. The highest BCUT2D eigenvalue weighted by molar-refractivity contribution is 5.90. The van der Waals surface area contributed by atoms with E-state index in [4.69, 9.17) is 0 Å². The fourth-order valence-electron chi connectivity index (χ4n) is 2.20. The lowest BCUT2D eigenvalue weighted by Crippen LogP contribution is -2.13. The van der Waals surface area contributed by atoms with E-state index in [1.807, 2.05) is 31.2 Å². The van der Waals surface area contributed by atoms with Crippen LogP contribution in [0, 0.1) is 17.0 Å². The quantitative estimate of drug-likeness (QED) is 0.463. The second-order valence-corrected chi connectivity index (χ2v) is 5.22. The average Bonchev–Trinajstić information content (AvgIpc) is 2.52. The molecular weight excluding hydrogens is 294 g/mol. The monoisotopic (exact) mass is 313 g/mol. The van der Waals surface area contributed by atoms with Crippen LogP contribution in [-0.4, -0.2) is 17.4 Å². The van der Waals surface area contributed by atoms with Crippen LogP contribution in [0.3, 0.4) is 0 Å². The van der Waals surface area contributed by atoms with Crippen molar-refractivity contribution in [2.24, 2.45) is 0 Å². The molecule has 0 bridgehead atoms. The zero-order valence-electron chi connectivity index (χ0n) is 12.9. The van der Waals surface area contributed by atoms with E-state index in [9.17, 15) is 14.9 Å². The average molecular weight is 313 g/mol. The van der Waals surface area contributed by atoms with Crippen molar-refractivity contribution in [1.29, 1.82) is 0 Å². The summed E-state index contributed by atoms with van der Waals surface area (Å²) in [6.07, 6.45) is 0.936. The van der Waals surface area contributed by atoms with Gasteiger partial charge in [-0.3, -0.25) is 14.9 Å². The van der Waals surface area contributed by atoms with Crippen molar-refractivity contribution in [3.05, 3.63) is 64.2 Å². The number of nitro groups is 1. The largest absolute Gasteiger partial charge is 0.379 e. The lowest BCUT2D eigenvalue weighted by molar-refractivity contribution is -0.384. The van der Waals surface area contributed by atoms with Crippen LogP contribution in [0.2, 0.25) is 0 Å². The van der Waals surface area contributed by atoms with Gasteiger partial charge < -0.3 is 10.6 Å². The molecule has 2 N–H and O–H groups in total. The number of benzene rings is 2. The first-order valence-electron chi connectivity index (χ1n) is 7.40. The molecule has 0 saturated carbocycles. The Labute approximate surface area is 134 Å². The molecule has 0 unspecified atom stereocenters. The number of amides is 1. The second kappa shape index (κ2) is 7.93. The molecule has 2 aromatic rings. The van der Waals surface area contributed by atoms with Gasteiger partial charge >= 0.3 is 0 Å². The minimum Gasteiger partial charge on any atom is -0.379 e. The van der Waals surface area contributed by atoms with E-state index < -0.39 is 4.92 Å². The predicted octanol–water partition coefficient (Wildman–Crippen LogP) is 3.73. The summed E-state index contributed by atoms with van der Waals surface area (Å²) in [4.78, 5) is 22.3. The molecule has 0 fully saturated rings. The normalized spacial score (nSPS) is 10.1. The summed E-state index contributed by atoms with van der Waals surface area (Å²) in [7, 11) is 0. The summed E-state index contributed by atoms with van der Waals surface area (Å²) in [5, 5.41) is 16.7. The van der Waals surface area contributed by atoms with E-state index in [2.05, 4.69) is 10.6 Å². The molecule has 0 heterocycles. The van der Waals surface area contributed by atoms with Crippen molar-refractivity contribution < 1.29 is 9.72 Å². The summed E-state index contributed by atoms with van der Waals surface area (Å²) in [5.41, 5.74) is 2.37. The highest BCUT2D eigenvalue weighted by Crippen LogP contribution is 2.23. The third-order valence-electron chi connectivity index (χ3n) is 3.30. The van der Waals surface area contributed by atoms with Gasteiger partial charge in [0, 0.05) is 24.7 Å². The topological polar surface area (TPSA) is 84.3 Å². The Bertz CT molecular complexity index is 701. The van der Waals surface area contributed by atoms with E-state index in [1.165, 1.54) is 6.07 Å². The van der Waals surface area contributed by atoms with Crippen LogP contribution in [-0.2, 0) is 4.79 Å². The molecule has 0 radical (unpaired) electrons. The number of hydrogen-bond acceptors (Lipinski definition) is 4. The molecule has 1 amide bonds. The predicted molar refractivity (Wildman–Crippen MR) is 90.6 cm³/mol. The van der Waals surface area contributed by atoms with Crippen LogP contribution in [0.25, 0.3) is 0 Å². The van der Waals surface area contributed by atoms with Crippen molar-refractivity contribution in [3.63, 3.8) is 0 Å². The number of nitro benzene ring substituents is 1. The van der Waals surface area contributed by atoms with Gasteiger partial charge in [0.25, 0.3) is 5.69 Å². The Hall–Kier alpha value is -2.89. The van der Waals surface area contributed by atoms with Gasteiger partial charge in [-0.15, -0.1) is 0 Å². The van der Waals surface area contributed by atoms with E-state index in [1.54, 1.807) is 18.2 Å². The molecule has 0 atom stereocenters. The third-order valence-corrected chi connectivity index (χ3v) is 3.30. The number of carbonyl (C=O) groups is 1. The number of rotatable bonds is 7. The Morgan fingerprint density at radius 2 is 1.96 bits per heavy atom. The second-order valence-electron chi connectivity index (χ2n) is 5.22. The molecule has 2 rings (SSSR count). The van der Waals surface area contributed by atoms with Gasteiger partial charge in [0.15, 0.2) is 0 Å². The Morgan fingerprint density at radius 1 is 1.17 bits per heavy atom. The molecule has 0 aromatic heterocycles. The number of nitrogens with one attached hydrogen (secondary N) is 2.